The van der Waals surface area contributed by atoms with E-state index in [2.05, 4.69) is 5.32 Å². The van der Waals surface area contributed by atoms with Crippen LogP contribution in [0, 0.1) is 12.7 Å². The van der Waals surface area contributed by atoms with Crippen LogP contribution in [-0.2, 0) is 7.05 Å². The maximum Gasteiger partial charge on any atom is 0.179 e. The molecule has 1 aromatic carbocycles. The van der Waals surface area contributed by atoms with Gasteiger partial charge in [0.2, 0.25) is 0 Å². The van der Waals surface area contributed by atoms with Gasteiger partial charge in [-0.15, -0.1) is 0 Å². The maximum atomic E-state index is 13.9. The third kappa shape index (κ3) is 2.06. The van der Waals surface area contributed by atoms with E-state index in [-0.39, 0.29) is 11.6 Å². The maximum absolute atomic E-state index is 13.9. The van der Waals surface area contributed by atoms with Crippen LogP contribution in [0.3, 0.4) is 0 Å². The van der Waals surface area contributed by atoms with Crippen LogP contribution in [-0.4, -0.2) is 22.9 Å². The van der Waals surface area contributed by atoms with Crippen molar-refractivity contribution >= 4 is 16.7 Å². The van der Waals surface area contributed by atoms with Crippen LogP contribution in [0.4, 0.5) is 4.39 Å². The van der Waals surface area contributed by atoms with Crippen molar-refractivity contribution in [2.75, 3.05) is 6.54 Å². The molecule has 0 aliphatic heterocycles. The number of benzene rings is 1. The molecule has 1 N–H and O–H groups in total. The van der Waals surface area contributed by atoms with Crippen molar-refractivity contribution in [1.29, 1.82) is 0 Å². The Labute approximate surface area is 111 Å². The van der Waals surface area contributed by atoms with Gasteiger partial charge in [-0.1, -0.05) is 12.1 Å². The fourth-order valence-electron chi connectivity index (χ4n) is 2.55. The third-order valence-corrected chi connectivity index (χ3v) is 3.86. The Balaban J connectivity index is 2.04. The van der Waals surface area contributed by atoms with Gasteiger partial charge in [0.25, 0.3) is 0 Å². The molecule has 2 aromatic rings. The summed E-state index contributed by atoms with van der Waals surface area (Å²) in [6.45, 7) is 2.20. The number of carbonyl (C=O) groups excluding carboxylic acids is 1. The second-order valence-corrected chi connectivity index (χ2v) is 5.23. The summed E-state index contributed by atoms with van der Waals surface area (Å²) >= 11 is 0. The lowest BCUT2D eigenvalue weighted by Crippen LogP contribution is -2.25. The van der Waals surface area contributed by atoms with E-state index < -0.39 is 0 Å². The molecule has 1 heterocycles. The highest BCUT2D eigenvalue weighted by Gasteiger charge is 2.24. The van der Waals surface area contributed by atoms with Crippen LogP contribution >= 0.6 is 0 Å². The Kier molecular flexibility index (Phi) is 2.90. The molecule has 0 amide bonds. The van der Waals surface area contributed by atoms with Gasteiger partial charge in [0, 0.05) is 29.7 Å². The monoisotopic (exact) mass is 260 g/mol. The number of hydrogen-bond acceptors (Lipinski definition) is 2. The molecule has 3 nitrogen and oxygen atoms in total. The van der Waals surface area contributed by atoms with Crippen LogP contribution in [0.5, 0.6) is 0 Å². The summed E-state index contributed by atoms with van der Waals surface area (Å²) in [5, 5.41) is 3.93. The zero-order chi connectivity index (χ0) is 13.6. The highest BCUT2D eigenvalue weighted by molar-refractivity contribution is 6.10. The molecule has 1 saturated carbocycles. The Hall–Kier alpha value is -1.68. The first-order chi connectivity index (χ1) is 9.09. The molecule has 1 aromatic heterocycles. The van der Waals surface area contributed by atoms with Gasteiger partial charge < -0.3 is 9.88 Å². The van der Waals surface area contributed by atoms with E-state index >= 15 is 0 Å². The lowest BCUT2D eigenvalue weighted by molar-refractivity contribution is 0.0991. The van der Waals surface area contributed by atoms with Crippen molar-refractivity contribution in [1.82, 2.24) is 9.88 Å². The number of Topliss-reactive ketones (excluding diaryl/α,β-unsaturated/α-hetero) is 1. The zero-order valence-corrected chi connectivity index (χ0v) is 11.2. The van der Waals surface area contributed by atoms with Crippen LogP contribution in [0.1, 0.15) is 28.9 Å². The molecule has 19 heavy (non-hydrogen) atoms. The molecule has 0 radical (unpaired) electrons. The van der Waals surface area contributed by atoms with Gasteiger partial charge in [0.05, 0.1) is 12.1 Å². The average Bonchev–Trinajstić information content (AvgIpc) is 3.16. The molecule has 0 atom stereocenters. The van der Waals surface area contributed by atoms with Crippen molar-refractivity contribution in [2.24, 2.45) is 7.05 Å². The second-order valence-electron chi connectivity index (χ2n) is 5.23. The van der Waals surface area contributed by atoms with Gasteiger partial charge in [-0.25, -0.2) is 4.39 Å². The number of rotatable bonds is 4. The number of carbonyl (C=O) groups is 1. The lowest BCUT2D eigenvalue weighted by Gasteiger charge is -2.03. The zero-order valence-electron chi connectivity index (χ0n) is 11.2. The molecule has 1 aliphatic carbocycles. The third-order valence-electron chi connectivity index (χ3n) is 3.86. The van der Waals surface area contributed by atoms with Gasteiger partial charge in [0.1, 0.15) is 5.82 Å². The first-order valence-corrected chi connectivity index (χ1v) is 6.59. The summed E-state index contributed by atoms with van der Waals surface area (Å²) in [5.74, 6) is -0.238. The van der Waals surface area contributed by atoms with Gasteiger partial charge in [-0.3, -0.25) is 4.79 Å². The Morgan fingerprint density at radius 3 is 2.89 bits per heavy atom. The van der Waals surface area contributed by atoms with Gasteiger partial charge >= 0.3 is 0 Å². The number of nitrogens with zero attached hydrogens (tertiary/aromatic N) is 1. The summed E-state index contributed by atoms with van der Waals surface area (Å²) in [6.07, 6.45) is 2.30. The molecule has 0 spiro atoms. The van der Waals surface area contributed by atoms with E-state index in [1.54, 1.807) is 17.7 Å². The molecule has 0 unspecified atom stereocenters. The number of fused-ring (bicyclic) bond motifs is 1. The van der Waals surface area contributed by atoms with Gasteiger partial charge in [0.15, 0.2) is 5.78 Å². The summed E-state index contributed by atoms with van der Waals surface area (Å²) in [5.41, 5.74) is 1.97. The number of nitrogens with one attached hydrogen (secondary N) is 1. The summed E-state index contributed by atoms with van der Waals surface area (Å²) in [7, 11) is 1.80. The molecule has 1 aliphatic rings. The minimum Gasteiger partial charge on any atom is -0.345 e. The SMILES string of the molecule is Cc1c(C(=O)CNC2CC2)c2cccc(F)c2n1C. The van der Waals surface area contributed by atoms with Crippen LogP contribution in [0.25, 0.3) is 10.9 Å². The fraction of sp³-hybridized carbons (Fsp3) is 0.400. The van der Waals surface area contributed by atoms with Crippen molar-refractivity contribution < 1.29 is 9.18 Å². The molecule has 0 bridgehead atoms. The average molecular weight is 260 g/mol. The molecular formula is C15H17FN2O. The predicted molar refractivity (Wildman–Crippen MR) is 73.0 cm³/mol. The van der Waals surface area contributed by atoms with E-state index in [1.807, 2.05) is 13.0 Å². The first kappa shape index (κ1) is 12.4. The first-order valence-electron chi connectivity index (χ1n) is 6.59. The van der Waals surface area contributed by atoms with Crippen molar-refractivity contribution in [3.05, 3.63) is 35.3 Å². The minimum atomic E-state index is -0.280. The predicted octanol–water partition coefficient (Wildman–Crippen LogP) is 2.56. The Bertz CT molecular complexity index is 656. The molecule has 4 heteroatoms. The number of ketones is 1. The smallest absolute Gasteiger partial charge is 0.179 e. The summed E-state index contributed by atoms with van der Waals surface area (Å²) in [6, 6.07) is 5.40. The van der Waals surface area contributed by atoms with E-state index in [4.69, 9.17) is 0 Å². The topological polar surface area (TPSA) is 34.0 Å². The Morgan fingerprint density at radius 1 is 1.47 bits per heavy atom. The number of aryl methyl sites for hydroxylation is 1. The second kappa shape index (κ2) is 4.46. The molecule has 3 rings (SSSR count). The number of para-hydroxylation sites is 1. The van der Waals surface area contributed by atoms with Gasteiger partial charge in [-0.2, -0.15) is 0 Å². The lowest BCUT2D eigenvalue weighted by atomic mass is 10.1. The van der Waals surface area contributed by atoms with Crippen LogP contribution in [0.15, 0.2) is 18.2 Å². The number of hydrogen-bond donors (Lipinski definition) is 1. The summed E-state index contributed by atoms with van der Waals surface area (Å²) in [4.78, 5) is 12.3. The number of halogens is 1. The highest BCUT2D eigenvalue weighted by Crippen LogP contribution is 2.27. The van der Waals surface area contributed by atoms with Crippen LogP contribution in [0.2, 0.25) is 0 Å². The summed E-state index contributed by atoms with van der Waals surface area (Å²) < 4.78 is 15.6. The van der Waals surface area contributed by atoms with E-state index in [9.17, 15) is 9.18 Å². The van der Waals surface area contributed by atoms with Gasteiger partial charge in [-0.05, 0) is 25.8 Å². The van der Waals surface area contributed by atoms with Crippen LogP contribution < -0.4 is 5.32 Å². The molecule has 100 valence electrons. The van der Waals surface area contributed by atoms with E-state index in [0.717, 1.165) is 18.5 Å². The normalized spacial score (nSPS) is 15.1. The standard InChI is InChI=1S/C15H17FN2O/c1-9-14(13(19)8-17-10-6-7-10)11-4-3-5-12(16)15(11)18(9)2/h3-5,10,17H,6-8H2,1-2H3. The fourth-order valence-corrected chi connectivity index (χ4v) is 2.55. The van der Waals surface area contributed by atoms with Crippen molar-refractivity contribution in [2.45, 2.75) is 25.8 Å². The van der Waals surface area contributed by atoms with Crippen molar-refractivity contribution in [3.63, 3.8) is 0 Å². The quantitative estimate of drug-likeness (QED) is 0.857. The molecular weight excluding hydrogens is 243 g/mol. The molecule has 0 saturated heterocycles. The van der Waals surface area contributed by atoms with E-state index in [1.165, 1.54) is 6.07 Å². The van der Waals surface area contributed by atoms with Crippen molar-refractivity contribution in [3.8, 4) is 0 Å². The number of aromatic nitrogens is 1. The minimum absolute atomic E-state index is 0.0422. The molecule has 1 fully saturated rings. The van der Waals surface area contributed by atoms with E-state index in [0.29, 0.717) is 29.1 Å². The largest absolute Gasteiger partial charge is 0.345 e. The highest BCUT2D eigenvalue weighted by atomic mass is 19.1. The Morgan fingerprint density at radius 2 is 2.21 bits per heavy atom.